The molecule has 0 radical (unpaired) electrons. The van der Waals surface area contributed by atoms with Crippen molar-refractivity contribution in [1.82, 2.24) is 29.8 Å². The molecule has 0 bridgehead atoms. The number of hydrogen-bond donors (Lipinski definition) is 3. The average molecular weight is 1420 g/mol. The van der Waals surface area contributed by atoms with Crippen LogP contribution in [-0.4, -0.2) is 120 Å². The summed E-state index contributed by atoms with van der Waals surface area (Å²) in [5.74, 6) is -0.233. The highest BCUT2D eigenvalue weighted by Crippen LogP contribution is 2.55. The van der Waals surface area contributed by atoms with Crippen LogP contribution in [0.1, 0.15) is 324 Å². The lowest BCUT2D eigenvalue weighted by atomic mass is 9.62. The number of aliphatic imine (C=N–C) groups is 6. The molecule has 1 aromatic rings. The highest BCUT2D eigenvalue weighted by atomic mass is 16.7. The van der Waals surface area contributed by atoms with Crippen molar-refractivity contribution in [1.29, 1.82) is 0 Å². The van der Waals surface area contributed by atoms with E-state index >= 15 is 14.4 Å². The Morgan fingerprint density at radius 1 is 0.373 bits per heavy atom. The van der Waals surface area contributed by atoms with Crippen LogP contribution in [0.3, 0.4) is 0 Å². The van der Waals surface area contributed by atoms with Crippen LogP contribution in [0.2, 0.25) is 0 Å². The molecule has 6 aliphatic rings. The fraction of sp³-hybridized carbons (Fsp3) is 0.889. The number of hydrogen-bond acceptors (Lipinski definition) is 16. The molecule has 1 aromatic heterocycles. The van der Waals surface area contributed by atoms with E-state index in [1.54, 1.807) is 0 Å². The van der Waals surface area contributed by atoms with Gasteiger partial charge in [-0.05, 0) is 200 Å². The number of carbonyl (C=O) groups excluding carboxylic acids is 3. The molecule has 6 aliphatic carbocycles. The fourth-order valence-electron chi connectivity index (χ4n) is 21.8. The first-order chi connectivity index (χ1) is 47.3. The summed E-state index contributed by atoms with van der Waals surface area (Å²) < 4.78 is 15.4. The molecular weight excluding hydrogens is 1280 g/mol. The fourth-order valence-corrected chi connectivity index (χ4v) is 21.8. The molecule has 21 heteroatoms. The van der Waals surface area contributed by atoms with Gasteiger partial charge >= 0.3 is 35.2 Å². The Balaban J connectivity index is 1.20. The van der Waals surface area contributed by atoms with Crippen molar-refractivity contribution < 1.29 is 28.7 Å². The number of alkyl carbamates (subject to hydrolysis) is 2. The van der Waals surface area contributed by atoms with Crippen LogP contribution in [0.15, 0.2) is 44.3 Å². The summed E-state index contributed by atoms with van der Waals surface area (Å²) in [5.41, 5.74) is -1.62. The van der Waals surface area contributed by atoms with E-state index in [1.165, 1.54) is 13.7 Å². The van der Waals surface area contributed by atoms with Gasteiger partial charge in [-0.3, -0.25) is 4.79 Å². The monoisotopic (exact) mass is 1420 g/mol. The summed E-state index contributed by atoms with van der Waals surface area (Å²) in [7, 11) is 0. The van der Waals surface area contributed by atoms with Gasteiger partial charge < -0.3 is 24.9 Å². The van der Waals surface area contributed by atoms with E-state index in [0.29, 0.717) is 97.4 Å². The van der Waals surface area contributed by atoms with Gasteiger partial charge in [0.05, 0.1) is 70.5 Å². The highest BCUT2D eigenvalue weighted by Gasteiger charge is 2.50. The first-order valence-electron chi connectivity index (χ1n) is 39.3. The number of amides is 2. The van der Waals surface area contributed by atoms with Crippen molar-refractivity contribution in [2.24, 2.45) is 94.9 Å². The molecule has 0 aliphatic heterocycles. The average Bonchev–Trinajstić information content (AvgIpc) is 0.729. The second-order valence-electron chi connectivity index (χ2n) is 40.5. The van der Waals surface area contributed by atoms with Gasteiger partial charge in [0.25, 0.3) is 0 Å². The number of unbranched alkanes of at least 4 members (excludes halogenated alkanes) is 3. The summed E-state index contributed by atoms with van der Waals surface area (Å²) in [6, 6.07) is 7.53. The third kappa shape index (κ3) is 24.5. The molecule has 6 saturated carbocycles. The zero-order valence-electron chi connectivity index (χ0n) is 67.5. The van der Waals surface area contributed by atoms with Crippen molar-refractivity contribution in [3.63, 3.8) is 0 Å². The summed E-state index contributed by atoms with van der Waals surface area (Å²) in [4.78, 5) is 121. The summed E-state index contributed by atoms with van der Waals surface area (Å²) >= 11 is 0. The van der Waals surface area contributed by atoms with Gasteiger partial charge in [-0.1, -0.05) is 165 Å². The van der Waals surface area contributed by atoms with E-state index in [-0.39, 0.29) is 85.0 Å². The Kier molecular flexibility index (Phi) is 27.5. The first-order valence-corrected chi connectivity index (χ1v) is 39.3. The van der Waals surface area contributed by atoms with Gasteiger partial charge in [0.1, 0.15) is 0 Å². The lowest BCUT2D eigenvalue weighted by molar-refractivity contribution is -0.155. The molecule has 12 atom stereocenters. The standard InChI is InChI=1S/C81H138N12O9/c1-22-25-28-64(94)102-90-60-33-72(8,9)45-78(18,36-60)51-84-57-87-54-81(21)42-63(39-75(14,15)48-81)93-68(98)91(61-37-73(10,11)46-79(19,40-61)52-85-55-82-49-76(16)34-58(31-70(4,5)43-76)88-65(95)100-29-26-23-2)67(97)92(69(93)99)62-38-74(12,13)47-80(20,41-62)53-86-56-83-50-77(17)35-59(32-71(6,7)44-77)89-66(96)101-30-27-24-3/h58-63,90H,22-54H2,1-21H3,(H,88,95)(H,89,96). The number of ether oxygens (including phenoxy) is 2. The second-order valence-corrected chi connectivity index (χ2v) is 40.5. The third-order valence-electron chi connectivity index (χ3n) is 23.3. The molecule has 102 heavy (non-hydrogen) atoms. The van der Waals surface area contributed by atoms with E-state index in [9.17, 15) is 14.4 Å². The van der Waals surface area contributed by atoms with Crippen molar-refractivity contribution >= 4 is 36.2 Å². The predicted molar refractivity (Wildman–Crippen MR) is 408 cm³/mol. The van der Waals surface area contributed by atoms with Crippen LogP contribution in [0.4, 0.5) is 9.59 Å². The van der Waals surface area contributed by atoms with Gasteiger partial charge in [0, 0.05) is 42.7 Å². The minimum absolute atomic E-state index is 0.00681. The summed E-state index contributed by atoms with van der Waals surface area (Å²) in [6.45, 7) is 49.6. The maximum absolute atomic E-state index is 16.1. The zero-order valence-corrected chi connectivity index (χ0v) is 67.5. The van der Waals surface area contributed by atoms with Crippen molar-refractivity contribution in [2.45, 2.75) is 342 Å². The van der Waals surface area contributed by atoms with Crippen LogP contribution in [-0.2, 0) is 19.1 Å². The smallest absolute Gasteiger partial charge is 0.407 e. The molecule has 6 fully saturated rings. The van der Waals surface area contributed by atoms with Crippen LogP contribution in [0.5, 0.6) is 0 Å². The molecule has 7 rings (SSSR count). The number of carbonyl (C=O) groups is 3. The van der Waals surface area contributed by atoms with Crippen LogP contribution in [0.25, 0.3) is 0 Å². The molecule has 3 N–H and O–H groups in total. The van der Waals surface area contributed by atoms with Crippen LogP contribution >= 0.6 is 0 Å². The number of hydroxylamine groups is 1. The molecule has 576 valence electrons. The molecule has 0 spiro atoms. The molecule has 2 amide bonds. The zero-order chi connectivity index (χ0) is 75.6. The summed E-state index contributed by atoms with van der Waals surface area (Å²) in [5, 5.41) is 6.28. The number of nitrogens with one attached hydrogen (secondary N) is 3. The van der Waals surface area contributed by atoms with E-state index < -0.39 is 51.4 Å². The Bertz CT molecular complexity index is 3290. The predicted octanol–water partition coefficient (Wildman–Crippen LogP) is 17.0. The number of aromatic nitrogens is 3. The third-order valence-corrected chi connectivity index (χ3v) is 23.3. The highest BCUT2D eigenvalue weighted by molar-refractivity contribution is 5.69. The molecule has 0 aromatic carbocycles. The lowest BCUT2D eigenvalue weighted by Gasteiger charge is -2.48. The van der Waals surface area contributed by atoms with Gasteiger partial charge in [0.2, 0.25) is 0 Å². The molecule has 21 nitrogen and oxygen atoms in total. The number of nitrogens with zero attached hydrogens (tertiary/aromatic N) is 9. The maximum atomic E-state index is 16.1. The largest absolute Gasteiger partial charge is 0.450 e. The molecule has 1 heterocycles. The Morgan fingerprint density at radius 2 is 0.627 bits per heavy atom. The van der Waals surface area contributed by atoms with Gasteiger partial charge in [-0.25, -0.2) is 67.6 Å². The second kappa shape index (κ2) is 33.5. The van der Waals surface area contributed by atoms with Crippen molar-refractivity contribution in [3.8, 4) is 0 Å². The maximum Gasteiger partial charge on any atom is 0.407 e. The summed E-state index contributed by atoms with van der Waals surface area (Å²) in [6.07, 6.45) is 18.0. The van der Waals surface area contributed by atoms with Gasteiger partial charge in [-0.15, -0.1) is 5.48 Å². The van der Waals surface area contributed by atoms with Crippen molar-refractivity contribution in [2.75, 3.05) is 52.5 Å². The topological polar surface area (TPSA) is 255 Å². The van der Waals surface area contributed by atoms with Gasteiger partial charge in [-0.2, -0.15) is 0 Å². The Labute approximate surface area is 612 Å². The Hall–Kier alpha value is -5.48. The van der Waals surface area contributed by atoms with E-state index in [2.05, 4.69) is 180 Å². The lowest BCUT2D eigenvalue weighted by Crippen LogP contribution is -2.60. The van der Waals surface area contributed by atoms with Crippen molar-refractivity contribution in [3.05, 3.63) is 31.5 Å². The molecule has 0 saturated heterocycles. The van der Waals surface area contributed by atoms with E-state index in [0.717, 1.165) is 116 Å². The van der Waals surface area contributed by atoms with Crippen LogP contribution in [0, 0.1) is 65.0 Å². The Morgan fingerprint density at radius 3 is 0.912 bits per heavy atom. The molecule has 12 unspecified atom stereocenters. The quantitative estimate of drug-likeness (QED) is 0.0309. The number of rotatable bonds is 28. The normalized spacial score (nSPS) is 32.7. The minimum Gasteiger partial charge on any atom is -0.450 e. The first kappa shape index (κ1) is 83.8. The van der Waals surface area contributed by atoms with E-state index in [4.69, 9.17) is 44.3 Å². The van der Waals surface area contributed by atoms with E-state index in [1.807, 2.05) is 0 Å². The minimum atomic E-state index is -0.563. The van der Waals surface area contributed by atoms with Crippen LogP contribution < -0.4 is 33.2 Å². The SMILES string of the molecule is CCCCOC(=O)NC1CC(C)(C)CC(C)(CN=C=NCC2(C)CC(n3c(=O)n(C4CC(C)(C)CC(C)(CN=C=NCC5(C)CC(NOC(=O)CCCC)CC(C)(C)C5)C4)c(=O)n(C4CC(C)(C)CC(C)(CN=C=NCC5(C)CC(NC(=O)OCCCC)CC(C)(C)C5)C4)c3=O)CC(C)(C)C2)C1. The van der Waals surface area contributed by atoms with Gasteiger partial charge in [0.15, 0.2) is 0 Å². The molecular formula is C81H138N12O9.